The molecular weight excluding hydrogens is 376 g/mol. The fourth-order valence-electron chi connectivity index (χ4n) is 2.76. The van der Waals surface area contributed by atoms with Gasteiger partial charge in [0.05, 0.1) is 19.9 Å². The highest BCUT2D eigenvalue weighted by molar-refractivity contribution is 6.03. The average molecular weight is 394 g/mol. The SMILES string of the molecule is COc1ccc(Nc2cc(C(=O)Nc3ccc4c(c3)OCO4)ncn2)c(OC)c1. The molecule has 0 saturated heterocycles. The summed E-state index contributed by atoms with van der Waals surface area (Å²) in [6, 6.07) is 12.0. The monoisotopic (exact) mass is 394 g/mol. The van der Waals surface area contributed by atoms with Crippen LogP contribution in [0.4, 0.5) is 17.2 Å². The van der Waals surface area contributed by atoms with Crippen LogP contribution >= 0.6 is 0 Å². The molecular formula is C20H18N4O5. The maximum absolute atomic E-state index is 12.6. The van der Waals surface area contributed by atoms with E-state index in [-0.39, 0.29) is 18.4 Å². The van der Waals surface area contributed by atoms with Crippen LogP contribution in [0.15, 0.2) is 48.8 Å². The summed E-state index contributed by atoms with van der Waals surface area (Å²) < 4.78 is 21.1. The van der Waals surface area contributed by atoms with E-state index in [0.29, 0.717) is 40.2 Å². The van der Waals surface area contributed by atoms with E-state index in [2.05, 4.69) is 20.6 Å². The summed E-state index contributed by atoms with van der Waals surface area (Å²) in [5, 5.41) is 5.90. The van der Waals surface area contributed by atoms with Gasteiger partial charge in [0.25, 0.3) is 5.91 Å². The van der Waals surface area contributed by atoms with Crippen LogP contribution in [-0.4, -0.2) is 36.9 Å². The molecule has 0 aliphatic carbocycles. The lowest BCUT2D eigenvalue weighted by molar-refractivity contribution is 0.102. The van der Waals surface area contributed by atoms with Crippen molar-refractivity contribution in [2.75, 3.05) is 31.6 Å². The molecule has 0 saturated carbocycles. The third kappa shape index (κ3) is 3.98. The van der Waals surface area contributed by atoms with Gasteiger partial charge in [0.1, 0.15) is 29.3 Å². The molecule has 0 atom stereocenters. The molecule has 0 bridgehead atoms. The summed E-state index contributed by atoms with van der Waals surface area (Å²) in [4.78, 5) is 20.8. The van der Waals surface area contributed by atoms with Gasteiger partial charge in [0, 0.05) is 23.9 Å². The molecule has 1 amide bonds. The third-order valence-electron chi connectivity index (χ3n) is 4.20. The zero-order chi connectivity index (χ0) is 20.2. The van der Waals surface area contributed by atoms with Crippen LogP contribution in [0.25, 0.3) is 0 Å². The van der Waals surface area contributed by atoms with Crippen LogP contribution in [0, 0.1) is 0 Å². The van der Waals surface area contributed by atoms with Gasteiger partial charge >= 0.3 is 0 Å². The van der Waals surface area contributed by atoms with E-state index in [0.717, 1.165) is 0 Å². The van der Waals surface area contributed by atoms with E-state index in [1.807, 2.05) is 0 Å². The number of carbonyl (C=O) groups is 1. The lowest BCUT2D eigenvalue weighted by Gasteiger charge is -2.12. The normalized spacial score (nSPS) is 11.7. The highest BCUT2D eigenvalue weighted by atomic mass is 16.7. The van der Waals surface area contributed by atoms with Gasteiger partial charge in [0.15, 0.2) is 11.5 Å². The summed E-state index contributed by atoms with van der Waals surface area (Å²) in [5.74, 6) is 2.54. The molecule has 3 aromatic rings. The molecule has 0 spiro atoms. The number of rotatable bonds is 6. The van der Waals surface area contributed by atoms with Crippen molar-refractivity contribution in [2.45, 2.75) is 0 Å². The second kappa shape index (κ2) is 7.93. The van der Waals surface area contributed by atoms with E-state index in [1.165, 1.54) is 6.33 Å². The molecule has 0 unspecified atom stereocenters. The van der Waals surface area contributed by atoms with Crippen molar-refractivity contribution in [3.8, 4) is 23.0 Å². The van der Waals surface area contributed by atoms with Crippen LogP contribution in [-0.2, 0) is 0 Å². The molecule has 0 radical (unpaired) electrons. The van der Waals surface area contributed by atoms with Crippen molar-refractivity contribution in [2.24, 2.45) is 0 Å². The molecule has 9 heteroatoms. The maximum atomic E-state index is 12.6. The number of nitrogens with one attached hydrogen (secondary N) is 2. The number of methoxy groups -OCH3 is 2. The molecule has 1 aliphatic rings. The summed E-state index contributed by atoms with van der Waals surface area (Å²) in [6.07, 6.45) is 1.31. The van der Waals surface area contributed by atoms with E-state index in [9.17, 15) is 4.79 Å². The van der Waals surface area contributed by atoms with Crippen LogP contribution in [0.2, 0.25) is 0 Å². The number of aromatic nitrogens is 2. The van der Waals surface area contributed by atoms with Crippen LogP contribution in [0.3, 0.4) is 0 Å². The van der Waals surface area contributed by atoms with Crippen LogP contribution in [0.5, 0.6) is 23.0 Å². The molecule has 148 valence electrons. The minimum absolute atomic E-state index is 0.169. The standard InChI is InChI=1S/C20H18N4O5/c1-26-13-4-5-14(17(8-13)27-2)24-19-9-15(21-10-22-19)20(25)23-12-3-6-16-18(7-12)29-11-28-16/h3-10H,11H2,1-2H3,(H,23,25)(H,21,22,24). The van der Waals surface area contributed by atoms with Crippen molar-refractivity contribution in [3.05, 3.63) is 54.5 Å². The van der Waals surface area contributed by atoms with Gasteiger partial charge in [-0.1, -0.05) is 0 Å². The predicted molar refractivity (Wildman–Crippen MR) is 105 cm³/mol. The zero-order valence-electron chi connectivity index (χ0n) is 15.8. The van der Waals surface area contributed by atoms with E-state index >= 15 is 0 Å². The van der Waals surface area contributed by atoms with Gasteiger partial charge in [-0.3, -0.25) is 4.79 Å². The third-order valence-corrected chi connectivity index (χ3v) is 4.20. The maximum Gasteiger partial charge on any atom is 0.274 e. The molecule has 2 heterocycles. The average Bonchev–Trinajstić information content (AvgIpc) is 3.22. The summed E-state index contributed by atoms with van der Waals surface area (Å²) >= 11 is 0. The Hall–Kier alpha value is -4.01. The van der Waals surface area contributed by atoms with Crippen molar-refractivity contribution in [1.82, 2.24) is 9.97 Å². The Labute approximate surface area is 166 Å². The van der Waals surface area contributed by atoms with Crippen molar-refractivity contribution in [1.29, 1.82) is 0 Å². The summed E-state index contributed by atoms with van der Waals surface area (Å²) in [5.41, 5.74) is 1.45. The number of ether oxygens (including phenoxy) is 4. The van der Waals surface area contributed by atoms with Crippen molar-refractivity contribution < 1.29 is 23.7 Å². The second-order valence-corrected chi connectivity index (χ2v) is 6.00. The molecule has 29 heavy (non-hydrogen) atoms. The molecule has 2 N–H and O–H groups in total. The fraction of sp³-hybridized carbons (Fsp3) is 0.150. The fourth-order valence-corrected chi connectivity index (χ4v) is 2.76. The topological polar surface area (TPSA) is 104 Å². The van der Waals surface area contributed by atoms with E-state index < -0.39 is 0 Å². The minimum atomic E-state index is -0.379. The number of benzene rings is 2. The predicted octanol–water partition coefficient (Wildman–Crippen LogP) is 3.22. The lowest BCUT2D eigenvalue weighted by atomic mass is 10.2. The van der Waals surface area contributed by atoms with Crippen LogP contribution in [0.1, 0.15) is 10.5 Å². The Morgan fingerprint density at radius 1 is 1.00 bits per heavy atom. The number of carbonyl (C=O) groups excluding carboxylic acids is 1. The number of anilines is 3. The molecule has 1 aromatic heterocycles. The Morgan fingerprint density at radius 2 is 1.86 bits per heavy atom. The van der Waals surface area contributed by atoms with Gasteiger partial charge in [-0.2, -0.15) is 0 Å². The molecule has 1 aliphatic heterocycles. The molecule has 0 fully saturated rings. The van der Waals surface area contributed by atoms with Crippen molar-refractivity contribution in [3.63, 3.8) is 0 Å². The Kier molecular flexibility index (Phi) is 5.02. The van der Waals surface area contributed by atoms with Gasteiger partial charge in [-0.15, -0.1) is 0 Å². The summed E-state index contributed by atoms with van der Waals surface area (Å²) in [7, 11) is 3.14. The highest BCUT2D eigenvalue weighted by Gasteiger charge is 2.16. The largest absolute Gasteiger partial charge is 0.497 e. The lowest BCUT2D eigenvalue weighted by Crippen LogP contribution is -2.14. The number of fused-ring (bicyclic) bond motifs is 1. The first-order chi connectivity index (χ1) is 14.2. The number of amides is 1. The zero-order valence-corrected chi connectivity index (χ0v) is 15.8. The first kappa shape index (κ1) is 18.4. The Bertz CT molecular complexity index is 1060. The van der Waals surface area contributed by atoms with Gasteiger partial charge in [0.2, 0.25) is 6.79 Å². The highest BCUT2D eigenvalue weighted by Crippen LogP contribution is 2.34. The minimum Gasteiger partial charge on any atom is -0.497 e. The van der Waals surface area contributed by atoms with Gasteiger partial charge in [-0.25, -0.2) is 9.97 Å². The van der Waals surface area contributed by atoms with Gasteiger partial charge < -0.3 is 29.6 Å². The van der Waals surface area contributed by atoms with E-state index in [1.54, 1.807) is 56.7 Å². The van der Waals surface area contributed by atoms with E-state index in [4.69, 9.17) is 18.9 Å². The van der Waals surface area contributed by atoms with Gasteiger partial charge in [-0.05, 0) is 24.3 Å². The first-order valence-corrected chi connectivity index (χ1v) is 8.68. The first-order valence-electron chi connectivity index (χ1n) is 8.68. The number of nitrogens with zero attached hydrogens (tertiary/aromatic N) is 2. The van der Waals surface area contributed by atoms with Crippen LogP contribution < -0.4 is 29.6 Å². The molecule has 9 nitrogen and oxygen atoms in total. The molecule has 2 aromatic carbocycles. The molecule has 4 rings (SSSR count). The van der Waals surface area contributed by atoms with Crippen molar-refractivity contribution >= 4 is 23.1 Å². The smallest absolute Gasteiger partial charge is 0.274 e. The second-order valence-electron chi connectivity index (χ2n) is 6.00. The Morgan fingerprint density at radius 3 is 2.69 bits per heavy atom. The number of hydrogen-bond acceptors (Lipinski definition) is 8. The quantitative estimate of drug-likeness (QED) is 0.657. The Balaban J connectivity index is 1.50. The summed E-state index contributed by atoms with van der Waals surface area (Å²) in [6.45, 7) is 0.169. The number of hydrogen-bond donors (Lipinski definition) is 2.